The normalized spacial score (nSPS) is 13.3. The van der Waals surface area contributed by atoms with Gasteiger partial charge in [-0.3, -0.25) is 4.79 Å². The van der Waals surface area contributed by atoms with Gasteiger partial charge in [-0.25, -0.2) is 0 Å². The first-order valence-corrected chi connectivity index (χ1v) is 6.51. The molecular formula is C9H5Cl6NO. The molecule has 2 nitrogen and oxygen atoms in total. The van der Waals surface area contributed by atoms with Crippen LogP contribution >= 0.6 is 69.6 Å². The molecule has 0 aliphatic heterocycles. The van der Waals surface area contributed by atoms with Crippen molar-refractivity contribution in [2.75, 3.05) is 0 Å². The maximum absolute atomic E-state index is 11.7. The highest BCUT2D eigenvalue weighted by atomic mass is 35.6. The summed E-state index contributed by atoms with van der Waals surface area (Å²) >= 11 is 33.7. The van der Waals surface area contributed by atoms with E-state index in [-0.39, 0.29) is 10.6 Å². The van der Waals surface area contributed by atoms with Gasteiger partial charge in [0.15, 0.2) is 5.50 Å². The fraction of sp³-hybridized carbons (Fsp3) is 0.222. The van der Waals surface area contributed by atoms with E-state index >= 15 is 0 Å². The van der Waals surface area contributed by atoms with Crippen molar-refractivity contribution in [3.63, 3.8) is 0 Å². The van der Waals surface area contributed by atoms with Crippen LogP contribution in [-0.2, 0) is 0 Å². The average Bonchev–Trinajstić information content (AvgIpc) is 2.15. The Balaban J connectivity index is 2.84. The summed E-state index contributed by atoms with van der Waals surface area (Å²) in [7, 11) is 0. The molecule has 0 fully saturated rings. The monoisotopic (exact) mass is 353 g/mol. The number of alkyl halides is 4. The summed E-state index contributed by atoms with van der Waals surface area (Å²) in [6.07, 6.45) is 0. The minimum Gasteiger partial charge on any atom is -0.332 e. The number of halogens is 6. The third-order valence-electron chi connectivity index (χ3n) is 1.72. The lowest BCUT2D eigenvalue weighted by Gasteiger charge is -2.19. The molecule has 1 amide bonds. The van der Waals surface area contributed by atoms with Crippen LogP contribution in [0.25, 0.3) is 0 Å². The number of nitrogens with one attached hydrogen (secondary N) is 1. The molecule has 1 unspecified atom stereocenters. The van der Waals surface area contributed by atoms with Gasteiger partial charge >= 0.3 is 0 Å². The number of benzene rings is 1. The third-order valence-corrected chi connectivity index (χ3v) is 3.69. The van der Waals surface area contributed by atoms with Gasteiger partial charge in [-0.2, -0.15) is 0 Å². The molecule has 8 heteroatoms. The van der Waals surface area contributed by atoms with Crippen LogP contribution in [-0.4, -0.2) is 15.2 Å². The Hall–Kier alpha value is 0.430. The highest BCUT2D eigenvalue weighted by Crippen LogP contribution is 2.32. The number of carbonyl (C=O) groups is 1. The molecule has 0 saturated heterocycles. The topological polar surface area (TPSA) is 29.1 Å². The molecule has 1 N–H and O–H groups in total. The second-order valence-electron chi connectivity index (χ2n) is 3.00. The first-order valence-electron chi connectivity index (χ1n) is 4.18. The molecule has 0 bridgehead atoms. The quantitative estimate of drug-likeness (QED) is 0.606. The second kappa shape index (κ2) is 6.05. The number of hydrogen-bond acceptors (Lipinski definition) is 1. The summed E-state index contributed by atoms with van der Waals surface area (Å²) in [5.74, 6) is -0.557. The first kappa shape index (κ1) is 15.5. The lowest BCUT2D eigenvalue weighted by Crippen LogP contribution is -2.39. The SMILES string of the molecule is O=C(NC(Cl)C(Cl)(Cl)Cl)c1ccc(Cl)cc1Cl. The fourth-order valence-electron chi connectivity index (χ4n) is 0.948. The lowest BCUT2D eigenvalue weighted by atomic mass is 10.2. The molecule has 0 radical (unpaired) electrons. The minimum absolute atomic E-state index is 0.184. The number of carbonyl (C=O) groups excluding carboxylic acids is 1. The summed E-state index contributed by atoms with van der Waals surface area (Å²) in [5, 5.41) is 2.90. The molecular weight excluding hydrogens is 351 g/mol. The number of amides is 1. The zero-order valence-electron chi connectivity index (χ0n) is 7.99. The zero-order valence-corrected chi connectivity index (χ0v) is 12.5. The molecule has 1 atom stereocenters. The van der Waals surface area contributed by atoms with Gasteiger partial charge in [0.05, 0.1) is 10.6 Å². The molecule has 94 valence electrons. The zero-order chi connectivity index (χ0) is 13.2. The van der Waals surface area contributed by atoms with E-state index in [1.807, 2.05) is 0 Å². The van der Waals surface area contributed by atoms with E-state index in [1.165, 1.54) is 18.2 Å². The Morgan fingerprint density at radius 1 is 1.24 bits per heavy atom. The van der Waals surface area contributed by atoms with Crippen LogP contribution in [0.5, 0.6) is 0 Å². The van der Waals surface area contributed by atoms with Crippen LogP contribution < -0.4 is 5.32 Å². The van der Waals surface area contributed by atoms with Gasteiger partial charge in [0, 0.05) is 5.02 Å². The summed E-state index contributed by atoms with van der Waals surface area (Å²) < 4.78 is -1.81. The van der Waals surface area contributed by atoms with Gasteiger partial charge in [0.2, 0.25) is 3.79 Å². The minimum atomic E-state index is -1.81. The van der Waals surface area contributed by atoms with E-state index in [2.05, 4.69) is 5.32 Å². The molecule has 0 aromatic heterocycles. The smallest absolute Gasteiger partial charge is 0.254 e. The van der Waals surface area contributed by atoms with Crippen LogP contribution in [0.1, 0.15) is 10.4 Å². The van der Waals surface area contributed by atoms with Gasteiger partial charge in [-0.15, -0.1) is 0 Å². The maximum atomic E-state index is 11.7. The van der Waals surface area contributed by atoms with E-state index in [0.29, 0.717) is 5.02 Å². The summed E-state index contributed by atoms with van der Waals surface area (Å²) in [4.78, 5) is 11.7. The predicted molar refractivity (Wildman–Crippen MR) is 73.9 cm³/mol. The van der Waals surface area contributed by atoms with Gasteiger partial charge in [0.25, 0.3) is 5.91 Å². The average molecular weight is 356 g/mol. The van der Waals surface area contributed by atoms with Crippen LogP contribution in [0, 0.1) is 0 Å². The third kappa shape index (κ3) is 4.55. The Labute approximate surface area is 128 Å². The second-order valence-corrected chi connectivity index (χ2v) is 6.65. The standard InChI is InChI=1S/C9H5Cl6NO/c10-4-1-2-5(6(11)3-4)7(17)16-8(12)9(13,14)15/h1-3,8H,(H,16,17). The Morgan fingerprint density at radius 2 is 1.82 bits per heavy atom. The van der Waals surface area contributed by atoms with Crippen LogP contribution in [0.2, 0.25) is 10.0 Å². The molecule has 1 rings (SSSR count). The molecule has 0 heterocycles. The molecule has 0 aliphatic carbocycles. The van der Waals surface area contributed by atoms with Crippen molar-refractivity contribution in [1.82, 2.24) is 5.32 Å². The van der Waals surface area contributed by atoms with Crippen LogP contribution in [0.3, 0.4) is 0 Å². The maximum Gasteiger partial charge on any atom is 0.254 e. The Bertz CT molecular complexity index is 430. The molecule has 1 aromatic rings. The van der Waals surface area contributed by atoms with Crippen molar-refractivity contribution in [3.05, 3.63) is 33.8 Å². The Morgan fingerprint density at radius 3 is 2.29 bits per heavy atom. The Kier molecular flexibility index (Phi) is 5.51. The first-order chi connectivity index (χ1) is 7.71. The van der Waals surface area contributed by atoms with Gasteiger partial charge in [-0.1, -0.05) is 69.6 Å². The van der Waals surface area contributed by atoms with E-state index in [9.17, 15) is 4.79 Å². The van der Waals surface area contributed by atoms with Gasteiger partial charge in [-0.05, 0) is 18.2 Å². The van der Waals surface area contributed by atoms with Gasteiger partial charge in [0.1, 0.15) is 0 Å². The summed E-state index contributed by atoms with van der Waals surface area (Å²) in [6.45, 7) is 0. The molecule has 17 heavy (non-hydrogen) atoms. The van der Waals surface area contributed by atoms with Crippen LogP contribution in [0.15, 0.2) is 18.2 Å². The van der Waals surface area contributed by atoms with E-state index < -0.39 is 15.2 Å². The van der Waals surface area contributed by atoms with Crippen LogP contribution in [0.4, 0.5) is 0 Å². The van der Waals surface area contributed by atoms with E-state index in [0.717, 1.165) is 0 Å². The fourth-order valence-corrected chi connectivity index (χ4v) is 1.71. The van der Waals surface area contributed by atoms with Crippen molar-refractivity contribution in [1.29, 1.82) is 0 Å². The number of rotatable bonds is 2. The van der Waals surface area contributed by atoms with E-state index in [1.54, 1.807) is 0 Å². The lowest BCUT2D eigenvalue weighted by molar-refractivity contribution is 0.0949. The van der Waals surface area contributed by atoms with Crippen molar-refractivity contribution < 1.29 is 4.79 Å². The van der Waals surface area contributed by atoms with Gasteiger partial charge < -0.3 is 5.32 Å². The molecule has 0 aliphatic rings. The van der Waals surface area contributed by atoms with Crippen molar-refractivity contribution in [2.45, 2.75) is 9.29 Å². The van der Waals surface area contributed by atoms with Crippen molar-refractivity contribution in [3.8, 4) is 0 Å². The molecule has 0 saturated carbocycles. The van der Waals surface area contributed by atoms with Crippen molar-refractivity contribution in [2.24, 2.45) is 0 Å². The predicted octanol–water partition coefficient (Wildman–Crippen LogP) is 4.66. The van der Waals surface area contributed by atoms with Crippen molar-refractivity contribution >= 4 is 75.5 Å². The molecule has 1 aromatic carbocycles. The molecule has 0 spiro atoms. The highest BCUT2D eigenvalue weighted by molar-refractivity contribution is 6.70. The largest absolute Gasteiger partial charge is 0.332 e. The summed E-state index contributed by atoms with van der Waals surface area (Å²) in [6, 6.07) is 4.39. The summed E-state index contributed by atoms with van der Waals surface area (Å²) in [5.41, 5.74) is -0.984. The van der Waals surface area contributed by atoms with E-state index in [4.69, 9.17) is 69.6 Å². The highest BCUT2D eigenvalue weighted by Gasteiger charge is 2.32. The number of hydrogen-bond donors (Lipinski definition) is 1.